The number of nitrogens with two attached hydrogens (primary N) is 1. The second kappa shape index (κ2) is 5.76. The second-order valence-electron chi connectivity index (χ2n) is 1.97. The lowest BCUT2D eigenvalue weighted by molar-refractivity contribution is 0.407. The standard InChI is InChI=1S/C7H14FN/c1-2-3-4-5-7(8)6-9/h4-5,7H,2-3,6,9H2,1H3/b5-4+. The number of allylic oxidation sites excluding steroid dienone is 1. The molecule has 1 atom stereocenters. The van der Waals surface area contributed by atoms with Crippen molar-refractivity contribution in [3.05, 3.63) is 12.2 Å². The molecule has 0 aromatic heterocycles. The van der Waals surface area contributed by atoms with Gasteiger partial charge in [0, 0.05) is 6.54 Å². The predicted molar refractivity (Wildman–Crippen MR) is 38.0 cm³/mol. The van der Waals surface area contributed by atoms with E-state index in [0.29, 0.717) is 0 Å². The van der Waals surface area contributed by atoms with E-state index in [2.05, 4.69) is 6.92 Å². The maximum atomic E-state index is 12.2. The molecule has 0 heterocycles. The minimum atomic E-state index is -0.948. The van der Waals surface area contributed by atoms with Crippen LogP contribution in [0.4, 0.5) is 4.39 Å². The Kier molecular flexibility index (Phi) is 5.52. The number of alkyl halides is 1. The molecule has 2 N–H and O–H groups in total. The molecule has 1 nitrogen and oxygen atoms in total. The second-order valence-corrected chi connectivity index (χ2v) is 1.97. The fourth-order valence-electron chi connectivity index (χ4n) is 0.489. The monoisotopic (exact) mass is 131 g/mol. The molecule has 0 aromatic rings. The average molecular weight is 131 g/mol. The van der Waals surface area contributed by atoms with Gasteiger partial charge in [-0.3, -0.25) is 0 Å². The Labute approximate surface area is 55.7 Å². The summed E-state index contributed by atoms with van der Waals surface area (Å²) in [5, 5.41) is 0. The highest BCUT2D eigenvalue weighted by Gasteiger charge is 1.93. The van der Waals surface area contributed by atoms with Gasteiger partial charge < -0.3 is 5.73 Å². The Morgan fingerprint density at radius 2 is 2.33 bits per heavy atom. The highest BCUT2D eigenvalue weighted by atomic mass is 19.1. The van der Waals surface area contributed by atoms with Gasteiger partial charge in [0.2, 0.25) is 0 Å². The van der Waals surface area contributed by atoms with Gasteiger partial charge in [0.1, 0.15) is 6.17 Å². The summed E-state index contributed by atoms with van der Waals surface area (Å²) in [6.07, 6.45) is 4.41. The molecule has 0 bridgehead atoms. The first-order valence-corrected chi connectivity index (χ1v) is 3.32. The van der Waals surface area contributed by atoms with E-state index >= 15 is 0 Å². The number of hydrogen-bond acceptors (Lipinski definition) is 1. The van der Waals surface area contributed by atoms with Gasteiger partial charge in [-0.25, -0.2) is 4.39 Å². The fraction of sp³-hybridized carbons (Fsp3) is 0.714. The Balaban J connectivity index is 3.20. The number of hydrogen-bond donors (Lipinski definition) is 1. The van der Waals surface area contributed by atoms with Crippen molar-refractivity contribution >= 4 is 0 Å². The van der Waals surface area contributed by atoms with Gasteiger partial charge in [-0.1, -0.05) is 25.5 Å². The van der Waals surface area contributed by atoms with Crippen LogP contribution in [0.25, 0.3) is 0 Å². The van der Waals surface area contributed by atoms with Crippen LogP contribution in [-0.4, -0.2) is 12.7 Å². The molecule has 0 aliphatic carbocycles. The first kappa shape index (κ1) is 8.63. The van der Waals surface area contributed by atoms with Gasteiger partial charge in [-0.2, -0.15) is 0 Å². The molecule has 0 spiro atoms. The van der Waals surface area contributed by atoms with Crippen molar-refractivity contribution in [3.8, 4) is 0 Å². The normalized spacial score (nSPS) is 14.6. The minimum absolute atomic E-state index is 0.0974. The van der Waals surface area contributed by atoms with Gasteiger partial charge in [0.25, 0.3) is 0 Å². The van der Waals surface area contributed by atoms with Crippen LogP contribution in [0.2, 0.25) is 0 Å². The van der Waals surface area contributed by atoms with Gasteiger partial charge in [-0.05, 0) is 6.42 Å². The van der Waals surface area contributed by atoms with Crippen molar-refractivity contribution in [2.75, 3.05) is 6.54 Å². The van der Waals surface area contributed by atoms with Gasteiger partial charge >= 0.3 is 0 Å². The van der Waals surface area contributed by atoms with Crippen LogP contribution >= 0.6 is 0 Å². The summed E-state index contributed by atoms with van der Waals surface area (Å²) in [7, 11) is 0. The van der Waals surface area contributed by atoms with Crippen LogP contribution in [-0.2, 0) is 0 Å². The Hall–Kier alpha value is -0.370. The van der Waals surface area contributed by atoms with E-state index in [0.717, 1.165) is 12.8 Å². The van der Waals surface area contributed by atoms with Crippen molar-refractivity contribution in [2.24, 2.45) is 5.73 Å². The first-order chi connectivity index (χ1) is 4.31. The number of rotatable bonds is 4. The van der Waals surface area contributed by atoms with Crippen LogP contribution in [0.1, 0.15) is 19.8 Å². The summed E-state index contributed by atoms with van der Waals surface area (Å²) in [5.74, 6) is 0. The molecule has 0 aliphatic rings. The van der Waals surface area contributed by atoms with Crippen molar-refractivity contribution < 1.29 is 4.39 Å². The lowest BCUT2D eigenvalue weighted by Crippen LogP contribution is -2.11. The minimum Gasteiger partial charge on any atom is -0.327 e. The highest BCUT2D eigenvalue weighted by Crippen LogP contribution is 1.93. The van der Waals surface area contributed by atoms with Crippen LogP contribution in [0.3, 0.4) is 0 Å². The van der Waals surface area contributed by atoms with Crippen LogP contribution in [0.15, 0.2) is 12.2 Å². The zero-order chi connectivity index (χ0) is 7.11. The zero-order valence-corrected chi connectivity index (χ0v) is 5.81. The quantitative estimate of drug-likeness (QED) is 0.577. The smallest absolute Gasteiger partial charge is 0.130 e. The molecule has 0 saturated heterocycles. The predicted octanol–water partition coefficient (Wildman–Crippen LogP) is 1.64. The van der Waals surface area contributed by atoms with Crippen molar-refractivity contribution in [3.63, 3.8) is 0 Å². The van der Waals surface area contributed by atoms with Gasteiger partial charge in [0.15, 0.2) is 0 Å². The molecule has 0 fully saturated rings. The van der Waals surface area contributed by atoms with Crippen molar-refractivity contribution in [1.29, 1.82) is 0 Å². The van der Waals surface area contributed by atoms with E-state index < -0.39 is 6.17 Å². The van der Waals surface area contributed by atoms with Gasteiger partial charge in [-0.15, -0.1) is 0 Å². The summed E-state index contributed by atoms with van der Waals surface area (Å²) < 4.78 is 12.2. The highest BCUT2D eigenvalue weighted by molar-refractivity contribution is 4.88. The van der Waals surface area contributed by atoms with Crippen molar-refractivity contribution in [2.45, 2.75) is 25.9 Å². The van der Waals surface area contributed by atoms with Gasteiger partial charge in [0.05, 0.1) is 0 Å². The lowest BCUT2D eigenvalue weighted by atomic mass is 10.3. The Morgan fingerprint density at radius 1 is 1.67 bits per heavy atom. The summed E-state index contributed by atoms with van der Waals surface area (Å²) >= 11 is 0. The largest absolute Gasteiger partial charge is 0.327 e. The summed E-state index contributed by atoms with van der Waals surface area (Å²) in [5.41, 5.74) is 5.03. The topological polar surface area (TPSA) is 26.0 Å². The van der Waals surface area contributed by atoms with Crippen LogP contribution in [0, 0.1) is 0 Å². The van der Waals surface area contributed by atoms with E-state index in [4.69, 9.17) is 5.73 Å². The molecule has 1 unspecified atom stereocenters. The molecule has 0 amide bonds. The molecule has 2 heteroatoms. The van der Waals surface area contributed by atoms with E-state index in [1.165, 1.54) is 6.08 Å². The number of unbranched alkanes of at least 4 members (excludes halogenated alkanes) is 1. The summed E-state index contributed by atoms with van der Waals surface area (Å²) in [6.45, 7) is 2.15. The van der Waals surface area contributed by atoms with E-state index in [1.807, 2.05) is 6.08 Å². The molecular weight excluding hydrogens is 117 g/mol. The van der Waals surface area contributed by atoms with Crippen LogP contribution in [0.5, 0.6) is 0 Å². The molecule has 0 saturated carbocycles. The molecular formula is C7H14FN. The maximum absolute atomic E-state index is 12.2. The summed E-state index contributed by atoms with van der Waals surface area (Å²) in [4.78, 5) is 0. The van der Waals surface area contributed by atoms with Crippen molar-refractivity contribution in [1.82, 2.24) is 0 Å². The molecule has 0 aromatic carbocycles. The molecule has 0 rings (SSSR count). The Morgan fingerprint density at radius 3 is 2.78 bits per heavy atom. The van der Waals surface area contributed by atoms with E-state index in [-0.39, 0.29) is 6.54 Å². The van der Waals surface area contributed by atoms with E-state index in [1.54, 1.807) is 0 Å². The maximum Gasteiger partial charge on any atom is 0.130 e. The fourth-order valence-corrected chi connectivity index (χ4v) is 0.489. The van der Waals surface area contributed by atoms with E-state index in [9.17, 15) is 4.39 Å². The zero-order valence-electron chi connectivity index (χ0n) is 5.81. The molecule has 54 valence electrons. The first-order valence-electron chi connectivity index (χ1n) is 3.32. The molecule has 9 heavy (non-hydrogen) atoms. The average Bonchev–Trinajstić information content (AvgIpc) is 1.89. The third kappa shape index (κ3) is 5.50. The molecule has 0 aliphatic heterocycles. The third-order valence-electron chi connectivity index (χ3n) is 1.03. The lowest BCUT2D eigenvalue weighted by Gasteiger charge is -1.93. The third-order valence-corrected chi connectivity index (χ3v) is 1.03. The number of halogens is 1. The Bertz CT molecular complexity index is 81.0. The summed E-state index contributed by atoms with van der Waals surface area (Å²) in [6, 6.07) is 0. The SMILES string of the molecule is CCC/C=C/C(F)CN. The van der Waals surface area contributed by atoms with Crippen LogP contribution < -0.4 is 5.73 Å². The molecule has 0 radical (unpaired) electrons.